The molecule has 0 aliphatic heterocycles. The Bertz CT molecular complexity index is 791. The summed E-state index contributed by atoms with van der Waals surface area (Å²) in [6, 6.07) is 11.8. The lowest BCUT2D eigenvalue weighted by molar-refractivity contribution is 0.0956. The molecule has 0 fully saturated rings. The summed E-state index contributed by atoms with van der Waals surface area (Å²) >= 11 is 0. The summed E-state index contributed by atoms with van der Waals surface area (Å²) in [5.74, 6) is -0.383. The minimum Gasteiger partial charge on any atom is -0.457 e. The Morgan fingerprint density at radius 2 is 1.83 bits per heavy atom. The number of hydrogen-bond donors (Lipinski definition) is 2. The van der Waals surface area contributed by atoms with Crippen molar-refractivity contribution in [2.75, 3.05) is 12.3 Å². The van der Waals surface area contributed by atoms with E-state index in [1.54, 1.807) is 18.2 Å². The number of halogens is 1. The molecule has 1 amide bonds. The van der Waals surface area contributed by atoms with E-state index in [2.05, 4.69) is 5.32 Å². The van der Waals surface area contributed by atoms with Crippen molar-refractivity contribution < 1.29 is 22.3 Å². The Hall–Kier alpha value is -2.45. The number of nitrogens with one attached hydrogen (secondary N) is 1. The summed E-state index contributed by atoms with van der Waals surface area (Å²) in [5.41, 5.74) is 0.339. The molecule has 0 saturated heterocycles. The van der Waals surface area contributed by atoms with E-state index in [0.29, 0.717) is 17.1 Å². The second kappa shape index (κ2) is 7.21. The Labute approximate surface area is 133 Å². The van der Waals surface area contributed by atoms with E-state index >= 15 is 0 Å². The summed E-state index contributed by atoms with van der Waals surface area (Å²) in [5, 5.41) is 7.29. The molecular formula is C15H15FN2O4S. The number of amides is 1. The van der Waals surface area contributed by atoms with Gasteiger partial charge in [-0.3, -0.25) is 4.79 Å². The van der Waals surface area contributed by atoms with Crippen LogP contribution in [0.3, 0.4) is 0 Å². The fourth-order valence-electron chi connectivity index (χ4n) is 1.75. The SMILES string of the molecule is NS(=O)(=O)CCNC(=O)c1ccc(Oc2cccc(F)c2)cc1. The number of carbonyl (C=O) groups excluding carboxylic acids is 1. The average molecular weight is 338 g/mol. The number of rotatable bonds is 6. The number of carbonyl (C=O) groups is 1. The third-order valence-electron chi connectivity index (χ3n) is 2.82. The maximum Gasteiger partial charge on any atom is 0.251 e. The van der Waals surface area contributed by atoms with Crippen molar-refractivity contribution in [3.8, 4) is 11.5 Å². The fourth-order valence-corrected chi connectivity index (χ4v) is 2.14. The molecule has 8 heteroatoms. The average Bonchev–Trinajstić information content (AvgIpc) is 2.46. The Morgan fingerprint density at radius 3 is 2.43 bits per heavy atom. The molecular weight excluding hydrogens is 323 g/mol. The van der Waals surface area contributed by atoms with Gasteiger partial charge >= 0.3 is 0 Å². The van der Waals surface area contributed by atoms with E-state index in [-0.39, 0.29) is 12.3 Å². The van der Waals surface area contributed by atoms with E-state index in [4.69, 9.17) is 9.88 Å². The van der Waals surface area contributed by atoms with Crippen LogP contribution in [-0.4, -0.2) is 26.6 Å². The lowest BCUT2D eigenvalue weighted by Gasteiger charge is -2.07. The van der Waals surface area contributed by atoms with Crippen LogP contribution < -0.4 is 15.2 Å². The predicted molar refractivity (Wildman–Crippen MR) is 83.2 cm³/mol. The van der Waals surface area contributed by atoms with Gasteiger partial charge < -0.3 is 10.1 Å². The molecule has 0 aromatic heterocycles. The van der Waals surface area contributed by atoms with Crippen molar-refractivity contribution in [2.24, 2.45) is 5.14 Å². The van der Waals surface area contributed by atoms with Gasteiger partial charge in [-0.2, -0.15) is 0 Å². The minimum atomic E-state index is -3.61. The molecule has 122 valence electrons. The van der Waals surface area contributed by atoms with Crippen molar-refractivity contribution in [1.29, 1.82) is 0 Å². The maximum atomic E-state index is 13.1. The summed E-state index contributed by atoms with van der Waals surface area (Å²) < 4.78 is 40.1. The zero-order chi connectivity index (χ0) is 16.9. The molecule has 0 unspecified atom stereocenters. The van der Waals surface area contributed by atoms with Gasteiger partial charge in [-0.1, -0.05) is 6.07 Å². The van der Waals surface area contributed by atoms with Gasteiger partial charge in [0.1, 0.15) is 17.3 Å². The standard InChI is InChI=1S/C15H15FN2O4S/c16-12-2-1-3-14(10-12)22-13-6-4-11(5-7-13)15(19)18-8-9-23(17,20)21/h1-7,10H,8-9H2,(H,18,19)(H2,17,20,21). The number of benzene rings is 2. The lowest BCUT2D eigenvalue weighted by atomic mass is 10.2. The molecule has 0 aliphatic carbocycles. The third kappa shape index (κ3) is 5.68. The number of nitrogens with two attached hydrogens (primary N) is 1. The summed E-state index contributed by atoms with van der Waals surface area (Å²) in [6.45, 7) is -0.0702. The highest BCUT2D eigenvalue weighted by molar-refractivity contribution is 7.89. The highest BCUT2D eigenvalue weighted by atomic mass is 32.2. The number of hydrogen-bond acceptors (Lipinski definition) is 4. The van der Waals surface area contributed by atoms with Gasteiger partial charge in [0, 0.05) is 18.2 Å². The molecule has 2 aromatic carbocycles. The zero-order valence-electron chi connectivity index (χ0n) is 12.0. The summed E-state index contributed by atoms with van der Waals surface area (Å²) in [7, 11) is -3.61. The van der Waals surface area contributed by atoms with Crippen molar-refractivity contribution >= 4 is 15.9 Å². The van der Waals surface area contributed by atoms with E-state index in [9.17, 15) is 17.6 Å². The maximum absolute atomic E-state index is 13.1. The van der Waals surface area contributed by atoms with Crippen LogP contribution in [0.1, 0.15) is 10.4 Å². The molecule has 2 aromatic rings. The zero-order valence-corrected chi connectivity index (χ0v) is 12.8. The molecule has 0 aliphatic rings. The Morgan fingerprint density at radius 1 is 1.13 bits per heavy atom. The van der Waals surface area contributed by atoms with E-state index < -0.39 is 21.7 Å². The van der Waals surface area contributed by atoms with Crippen LogP contribution >= 0.6 is 0 Å². The number of sulfonamides is 1. The highest BCUT2D eigenvalue weighted by Gasteiger charge is 2.08. The first kappa shape index (κ1) is 16.9. The van der Waals surface area contributed by atoms with Crippen molar-refractivity contribution in [3.63, 3.8) is 0 Å². The summed E-state index contributed by atoms with van der Waals surface area (Å²) in [4.78, 5) is 11.8. The molecule has 0 saturated carbocycles. The Balaban J connectivity index is 1.95. The van der Waals surface area contributed by atoms with Crippen LogP contribution in [0, 0.1) is 5.82 Å². The summed E-state index contributed by atoms with van der Waals surface area (Å²) in [6.07, 6.45) is 0. The van der Waals surface area contributed by atoms with Gasteiger partial charge in [-0.15, -0.1) is 0 Å². The van der Waals surface area contributed by atoms with Gasteiger partial charge in [0.2, 0.25) is 10.0 Å². The molecule has 0 radical (unpaired) electrons. The minimum absolute atomic E-state index is 0.0702. The van der Waals surface area contributed by atoms with Gasteiger partial charge in [0.25, 0.3) is 5.91 Å². The fraction of sp³-hybridized carbons (Fsp3) is 0.133. The monoisotopic (exact) mass is 338 g/mol. The molecule has 0 heterocycles. The van der Waals surface area contributed by atoms with E-state index in [1.807, 2.05) is 0 Å². The van der Waals surface area contributed by atoms with Crippen LogP contribution in [0.5, 0.6) is 11.5 Å². The molecule has 0 spiro atoms. The van der Waals surface area contributed by atoms with E-state index in [0.717, 1.165) is 0 Å². The Kier molecular flexibility index (Phi) is 5.30. The van der Waals surface area contributed by atoms with Gasteiger partial charge in [0.05, 0.1) is 5.75 Å². The molecule has 0 atom stereocenters. The predicted octanol–water partition coefficient (Wildman–Crippen LogP) is 1.64. The smallest absolute Gasteiger partial charge is 0.251 e. The molecule has 6 nitrogen and oxygen atoms in total. The van der Waals surface area contributed by atoms with Gasteiger partial charge in [-0.25, -0.2) is 17.9 Å². The lowest BCUT2D eigenvalue weighted by Crippen LogP contribution is -2.31. The van der Waals surface area contributed by atoms with Crippen LogP contribution in [0.4, 0.5) is 4.39 Å². The number of primary sulfonamides is 1. The third-order valence-corrected chi connectivity index (χ3v) is 3.59. The van der Waals surface area contributed by atoms with Crippen molar-refractivity contribution in [2.45, 2.75) is 0 Å². The van der Waals surface area contributed by atoms with Crippen LogP contribution in [-0.2, 0) is 10.0 Å². The van der Waals surface area contributed by atoms with Crippen molar-refractivity contribution in [3.05, 3.63) is 59.9 Å². The molecule has 3 N–H and O–H groups in total. The quantitative estimate of drug-likeness (QED) is 0.836. The second-order valence-corrected chi connectivity index (χ2v) is 6.44. The van der Waals surface area contributed by atoms with Gasteiger partial charge in [0.15, 0.2) is 0 Å². The van der Waals surface area contributed by atoms with E-state index in [1.165, 1.54) is 30.3 Å². The van der Waals surface area contributed by atoms with Crippen LogP contribution in [0.25, 0.3) is 0 Å². The first-order chi connectivity index (χ1) is 10.8. The molecule has 2 rings (SSSR count). The highest BCUT2D eigenvalue weighted by Crippen LogP contribution is 2.22. The van der Waals surface area contributed by atoms with Crippen LogP contribution in [0.2, 0.25) is 0 Å². The first-order valence-electron chi connectivity index (χ1n) is 6.66. The molecule has 0 bridgehead atoms. The largest absolute Gasteiger partial charge is 0.457 e. The first-order valence-corrected chi connectivity index (χ1v) is 8.37. The topological polar surface area (TPSA) is 98.5 Å². The van der Waals surface area contributed by atoms with Crippen LogP contribution in [0.15, 0.2) is 48.5 Å². The normalized spacial score (nSPS) is 11.0. The van der Waals surface area contributed by atoms with Gasteiger partial charge in [-0.05, 0) is 36.4 Å². The van der Waals surface area contributed by atoms with Crippen molar-refractivity contribution in [1.82, 2.24) is 5.32 Å². The number of ether oxygens (including phenoxy) is 1. The molecule has 23 heavy (non-hydrogen) atoms. The second-order valence-electron chi connectivity index (χ2n) is 4.71.